The highest BCUT2D eigenvalue weighted by Gasteiger charge is 2.26. The van der Waals surface area contributed by atoms with E-state index in [-0.39, 0.29) is 0 Å². The van der Waals surface area contributed by atoms with E-state index in [0.717, 1.165) is 72.5 Å². The number of furan rings is 1. The zero-order chi connectivity index (χ0) is 44.3. The van der Waals surface area contributed by atoms with E-state index in [1.54, 1.807) is 0 Å². The third-order valence-electron chi connectivity index (χ3n) is 13.4. The van der Waals surface area contributed by atoms with Gasteiger partial charge in [0.15, 0.2) is 0 Å². The van der Waals surface area contributed by atoms with Crippen LogP contribution in [0.15, 0.2) is 259 Å². The van der Waals surface area contributed by atoms with Gasteiger partial charge < -0.3 is 13.9 Å². The number of hydrogen-bond donors (Lipinski definition) is 0. The van der Waals surface area contributed by atoms with Crippen LogP contribution in [0.25, 0.3) is 105 Å². The Morgan fingerprint density at radius 1 is 0.328 bits per heavy atom. The topological polar surface area (TPSA) is 21.3 Å². The van der Waals surface area contributed by atoms with E-state index >= 15 is 0 Å². The zero-order valence-corrected chi connectivity index (χ0v) is 36.6. The summed E-state index contributed by atoms with van der Waals surface area (Å²) in [7, 11) is 0. The van der Waals surface area contributed by atoms with Crippen LogP contribution in [0.5, 0.6) is 0 Å². The number of benzene rings is 11. The average molecular weight is 855 g/mol. The van der Waals surface area contributed by atoms with Crippen LogP contribution in [0, 0.1) is 0 Å². The maximum absolute atomic E-state index is 7.12. The lowest BCUT2D eigenvalue weighted by Crippen LogP contribution is -2.12. The van der Waals surface area contributed by atoms with E-state index in [9.17, 15) is 0 Å². The van der Waals surface area contributed by atoms with E-state index in [1.807, 2.05) is 0 Å². The van der Waals surface area contributed by atoms with Crippen LogP contribution in [0.4, 0.5) is 17.1 Å². The van der Waals surface area contributed by atoms with Crippen molar-refractivity contribution < 1.29 is 4.42 Å². The molecule has 3 nitrogen and oxygen atoms in total. The fourth-order valence-corrected chi connectivity index (χ4v) is 10.4. The molecule has 13 rings (SSSR count). The van der Waals surface area contributed by atoms with Gasteiger partial charge in [-0.05, 0) is 99.3 Å². The third kappa shape index (κ3) is 6.43. The predicted molar refractivity (Wildman–Crippen MR) is 282 cm³/mol. The van der Waals surface area contributed by atoms with Gasteiger partial charge in [0.2, 0.25) is 0 Å². The van der Waals surface area contributed by atoms with Crippen LogP contribution < -0.4 is 4.90 Å². The van der Waals surface area contributed by atoms with Gasteiger partial charge in [-0.25, -0.2) is 0 Å². The van der Waals surface area contributed by atoms with E-state index in [0.29, 0.717) is 0 Å². The minimum absolute atomic E-state index is 0.839. The molecule has 314 valence electrons. The van der Waals surface area contributed by atoms with Crippen molar-refractivity contribution in [1.29, 1.82) is 0 Å². The van der Waals surface area contributed by atoms with Gasteiger partial charge in [0.05, 0.1) is 33.5 Å². The summed E-state index contributed by atoms with van der Waals surface area (Å²) in [4.78, 5) is 2.44. The van der Waals surface area contributed by atoms with Crippen molar-refractivity contribution in [1.82, 2.24) is 4.57 Å². The fourth-order valence-electron chi connectivity index (χ4n) is 10.4. The van der Waals surface area contributed by atoms with Crippen molar-refractivity contribution in [3.8, 4) is 50.2 Å². The van der Waals surface area contributed by atoms with Gasteiger partial charge in [0.25, 0.3) is 0 Å². The maximum atomic E-state index is 7.12. The Bertz CT molecular complexity index is 3920. The maximum Gasteiger partial charge on any atom is 0.145 e. The number of rotatable bonds is 8. The lowest BCUT2D eigenvalue weighted by atomic mass is 9.94. The standard InChI is InChI=1S/C64H42N2O/c1-3-18-43(19-4-1)47-36-40-60(56(42-47)45-20-5-2-6-21-45)65(48-37-34-46(35-38-48)50-29-17-23-44-22-7-8-24-49(44)50)61-41-39-54(64-63(61)55-28-12-16-33-62(55)67-64)53-27-11-15-32-59(53)66-57-30-13-9-25-51(57)52-26-10-14-31-58(52)66/h1-42H. The van der Waals surface area contributed by atoms with Gasteiger partial charge in [-0.2, -0.15) is 0 Å². The second-order valence-corrected chi connectivity index (χ2v) is 17.2. The normalized spacial score (nSPS) is 11.6. The zero-order valence-electron chi connectivity index (χ0n) is 36.6. The van der Waals surface area contributed by atoms with Gasteiger partial charge in [0, 0.05) is 38.5 Å². The highest BCUT2D eigenvalue weighted by Crippen LogP contribution is 2.50. The molecule has 0 atom stereocenters. The van der Waals surface area contributed by atoms with Crippen LogP contribution in [0.2, 0.25) is 0 Å². The Labute approximate surface area is 388 Å². The fraction of sp³-hybridized carbons (Fsp3) is 0. The van der Waals surface area contributed by atoms with Crippen molar-refractivity contribution in [2.45, 2.75) is 0 Å². The van der Waals surface area contributed by atoms with Crippen molar-refractivity contribution in [2.24, 2.45) is 0 Å². The third-order valence-corrected chi connectivity index (χ3v) is 13.4. The Morgan fingerprint density at radius 3 is 1.64 bits per heavy atom. The van der Waals surface area contributed by atoms with Crippen LogP contribution >= 0.6 is 0 Å². The number of hydrogen-bond acceptors (Lipinski definition) is 2. The minimum atomic E-state index is 0.839. The van der Waals surface area contributed by atoms with Gasteiger partial charge >= 0.3 is 0 Å². The molecular weight excluding hydrogens is 813 g/mol. The second kappa shape index (κ2) is 16.0. The Kier molecular flexibility index (Phi) is 9.17. The largest absolute Gasteiger partial charge is 0.455 e. The van der Waals surface area contributed by atoms with E-state index in [1.165, 1.54) is 49.3 Å². The van der Waals surface area contributed by atoms with Crippen LogP contribution in [-0.2, 0) is 0 Å². The van der Waals surface area contributed by atoms with E-state index in [4.69, 9.17) is 4.42 Å². The van der Waals surface area contributed by atoms with Crippen molar-refractivity contribution >= 4 is 71.6 Å². The van der Waals surface area contributed by atoms with Crippen molar-refractivity contribution in [3.63, 3.8) is 0 Å². The molecule has 0 bridgehead atoms. The monoisotopic (exact) mass is 854 g/mol. The quantitative estimate of drug-likeness (QED) is 0.152. The number of nitrogens with zero attached hydrogens (tertiary/aromatic N) is 2. The van der Waals surface area contributed by atoms with Gasteiger partial charge in [-0.3, -0.25) is 0 Å². The lowest BCUT2D eigenvalue weighted by Gasteiger charge is -2.29. The molecule has 0 fully saturated rings. The molecule has 11 aromatic carbocycles. The molecule has 2 aromatic heterocycles. The SMILES string of the molecule is c1ccc(-c2ccc(N(c3ccc(-c4cccc5ccccc45)cc3)c3ccc(-c4ccccc4-n4c5ccccc5c5ccccc54)c4oc5ccccc5c34)c(-c3ccccc3)c2)cc1. The highest BCUT2D eigenvalue weighted by molar-refractivity contribution is 6.18. The Morgan fingerprint density at radius 2 is 0.881 bits per heavy atom. The van der Waals surface area contributed by atoms with Crippen molar-refractivity contribution in [2.75, 3.05) is 4.90 Å². The smallest absolute Gasteiger partial charge is 0.145 e. The molecule has 0 aliphatic heterocycles. The molecule has 0 N–H and O–H groups in total. The number of fused-ring (bicyclic) bond motifs is 7. The molecular formula is C64H42N2O. The molecule has 0 aliphatic carbocycles. The molecule has 67 heavy (non-hydrogen) atoms. The number of anilines is 3. The first-order valence-corrected chi connectivity index (χ1v) is 22.9. The number of para-hydroxylation sites is 4. The summed E-state index contributed by atoms with van der Waals surface area (Å²) in [6.07, 6.45) is 0. The van der Waals surface area contributed by atoms with Crippen LogP contribution in [-0.4, -0.2) is 4.57 Å². The van der Waals surface area contributed by atoms with Gasteiger partial charge in [-0.15, -0.1) is 0 Å². The van der Waals surface area contributed by atoms with Crippen molar-refractivity contribution in [3.05, 3.63) is 255 Å². The highest BCUT2D eigenvalue weighted by atomic mass is 16.3. The Hall–Kier alpha value is -8.92. The summed E-state index contributed by atoms with van der Waals surface area (Å²) < 4.78 is 9.53. The van der Waals surface area contributed by atoms with Crippen LogP contribution in [0.1, 0.15) is 0 Å². The summed E-state index contributed by atoms with van der Waals surface area (Å²) in [5, 5.41) is 7.03. The molecule has 3 heteroatoms. The summed E-state index contributed by atoms with van der Waals surface area (Å²) in [6.45, 7) is 0. The molecule has 13 aromatic rings. The average Bonchev–Trinajstić information content (AvgIpc) is 3.96. The lowest BCUT2D eigenvalue weighted by molar-refractivity contribution is 0.670. The van der Waals surface area contributed by atoms with E-state index < -0.39 is 0 Å². The molecule has 0 aliphatic rings. The van der Waals surface area contributed by atoms with Gasteiger partial charge in [-0.1, -0.05) is 194 Å². The van der Waals surface area contributed by atoms with Gasteiger partial charge in [0.1, 0.15) is 11.2 Å². The molecule has 0 amide bonds. The summed E-state index contributed by atoms with van der Waals surface area (Å²) in [5.41, 5.74) is 17.3. The summed E-state index contributed by atoms with van der Waals surface area (Å²) in [5.74, 6) is 0. The molecule has 0 radical (unpaired) electrons. The summed E-state index contributed by atoms with van der Waals surface area (Å²) in [6, 6.07) is 91.8. The minimum Gasteiger partial charge on any atom is -0.455 e. The second-order valence-electron chi connectivity index (χ2n) is 17.2. The first-order valence-electron chi connectivity index (χ1n) is 22.9. The van der Waals surface area contributed by atoms with E-state index in [2.05, 4.69) is 264 Å². The first-order chi connectivity index (χ1) is 33.3. The molecule has 0 unspecified atom stereocenters. The Balaban J connectivity index is 1.08. The number of aromatic nitrogens is 1. The molecule has 2 heterocycles. The predicted octanol–water partition coefficient (Wildman–Crippen LogP) is 18.0. The summed E-state index contributed by atoms with van der Waals surface area (Å²) >= 11 is 0. The van der Waals surface area contributed by atoms with Crippen LogP contribution in [0.3, 0.4) is 0 Å². The molecule has 0 spiro atoms. The molecule has 0 saturated carbocycles. The first kappa shape index (κ1) is 38.5. The molecule has 0 saturated heterocycles.